The average molecular weight is 365 g/mol. The summed E-state index contributed by atoms with van der Waals surface area (Å²) < 4.78 is 7.17. The maximum absolute atomic E-state index is 5.07. The van der Waals surface area contributed by atoms with Crippen molar-refractivity contribution in [3.8, 4) is 34.3 Å². The normalized spacial score (nSPS) is 22.2. The van der Waals surface area contributed by atoms with E-state index >= 15 is 0 Å². The Morgan fingerprint density at radius 3 is 2.68 bits per heavy atom. The van der Waals surface area contributed by atoms with Crippen LogP contribution in [0.2, 0.25) is 0 Å². The lowest BCUT2D eigenvalue weighted by Crippen LogP contribution is -2.73. The molecule has 5 heteroatoms. The van der Waals surface area contributed by atoms with E-state index in [0.29, 0.717) is 0 Å². The van der Waals surface area contributed by atoms with Crippen LogP contribution in [0.15, 0.2) is 66.9 Å². The van der Waals surface area contributed by atoms with Gasteiger partial charge in [0.2, 0.25) is 11.9 Å². The van der Waals surface area contributed by atoms with Crippen LogP contribution in [0.5, 0.6) is 0 Å². The Morgan fingerprint density at radius 1 is 1.00 bits per heavy atom. The van der Waals surface area contributed by atoms with Gasteiger partial charge in [0.1, 0.15) is 0 Å². The molecule has 0 saturated heterocycles. The molecule has 4 bridgehead atoms. The summed E-state index contributed by atoms with van der Waals surface area (Å²) in [4.78, 5) is 5.00. The van der Waals surface area contributed by atoms with E-state index in [2.05, 4.69) is 87.6 Å². The van der Waals surface area contributed by atoms with E-state index in [1.54, 1.807) is 0 Å². The molecule has 134 valence electrons. The highest BCUT2D eigenvalue weighted by molar-refractivity contribution is 5.62. The molecule has 0 radical (unpaired) electrons. The van der Waals surface area contributed by atoms with Gasteiger partial charge < -0.3 is 0 Å². The quantitative estimate of drug-likeness (QED) is 0.487. The Bertz CT molecular complexity index is 1290. The highest BCUT2D eigenvalue weighted by atomic mass is 15.5. The Balaban J connectivity index is 1.69. The molecule has 4 aromatic rings. The molecular formula is C23H19N5+2. The molecule has 0 aliphatic carbocycles. The van der Waals surface area contributed by atoms with Crippen molar-refractivity contribution in [2.24, 2.45) is 0 Å². The standard InChI is InChI=1S/C23H19N5/c1-2-20-23-14-15-9-11-16(12-10-15)21-24-22(28(23)25-21)19-8-5-7-18(27(19)23)17-6-3-4-13-26(17)20/h3-13,20H,2,14H2,1H3/q+2/t20?,23-/m0/s1. The Kier molecular flexibility index (Phi) is 2.48. The minimum absolute atomic E-state index is 0.245. The van der Waals surface area contributed by atoms with Crippen molar-refractivity contribution in [2.75, 3.05) is 0 Å². The lowest BCUT2D eigenvalue weighted by atomic mass is 9.87. The summed E-state index contributed by atoms with van der Waals surface area (Å²) in [7, 11) is 0. The number of rotatable bonds is 1. The van der Waals surface area contributed by atoms with Gasteiger partial charge in [-0.2, -0.15) is 9.25 Å². The molecule has 1 aromatic carbocycles. The Morgan fingerprint density at radius 2 is 1.82 bits per heavy atom. The van der Waals surface area contributed by atoms with Crippen LogP contribution in [-0.4, -0.2) is 14.8 Å². The van der Waals surface area contributed by atoms with Gasteiger partial charge in [-0.1, -0.05) is 31.2 Å². The minimum Gasteiger partial charge on any atom is -0.201 e. The van der Waals surface area contributed by atoms with Gasteiger partial charge in [-0.3, -0.25) is 0 Å². The zero-order chi connectivity index (χ0) is 18.5. The minimum atomic E-state index is -0.329. The molecule has 28 heavy (non-hydrogen) atoms. The second kappa shape index (κ2) is 4.73. The summed E-state index contributed by atoms with van der Waals surface area (Å²) in [6, 6.07) is 22.1. The third-order valence-corrected chi connectivity index (χ3v) is 6.67. The van der Waals surface area contributed by atoms with Crippen LogP contribution in [0.4, 0.5) is 0 Å². The van der Waals surface area contributed by atoms with Gasteiger partial charge in [-0.15, -0.1) is 9.67 Å². The Hall–Kier alpha value is -3.34. The van der Waals surface area contributed by atoms with Crippen LogP contribution in [0.1, 0.15) is 24.9 Å². The van der Waals surface area contributed by atoms with Gasteiger partial charge in [0.15, 0.2) is 12.0 Å². The highest BCUT2D eigenvalue weighted by Crippen LogP contribution is 2.44. The average Bonchev–Trinajstić information content (AvgIpc) is 3.30. The summed E-state index contributed by atoms with van der Waals surface area (Å²) in [5, 5.41) is 5.07. The first-order valence-corrected chi connectivity index (χ1v) is 9.94. The van der Waals surface area contributed by atoms with Crippen molar-refractivity contribution in [3.63, 3.8) is 0 Å². The summed E-state index contributed by atoms with van der Waals surface area (Å²) in [5.41, 5.74) is 5.73. The van der Waals surface area contributed by atoms with Crippen LogP contribution in [-0.2, 0) is 12.1 Å². The van der Waals surface area contributed by atoms with E-state index in [4.69, 9.17) is 10.1 Å². The summed E-state index contributed by atoms with van der Waals surface area (Å²) in [6.07, 6.45) is 4.12. The molecule has 0 fully saturated rings. The monoisotopic (exact) mass is 365 g/mol. The summed E-state index contributed by atoms with van der Waals surface area (Å²) >= 11 is 0. The molecule has 0 saturated carbocycles. The maximum Gasteiger partial charge on any atom is 0.331 e. The van der Waals surface area contributed by atoms with Crippen molar-refractivity contribution in [1.82, 2.24) is 14.8 Å². The van der Waals surface area contributed by atoms with Gasteiger partial charge in [0.25, 0.3) is 17.1 Å². The third kappa shape index (κ3) is 1.48. The molecule has 1 unspecified atom stereocenters. The predicted molar refractivity (Wildman–Crippen MR) is 103 cm³/mol. The number of pyridine rings is 2. The zero-order valence-corrected chi connectivity index (χ0v) is 15.6. The molecule has 2 atom stereocenters. The van der Waals surface area contributed by atoms with Gasteiger partial charge in [-0.05, 0) is 17.7 Å². The lowest BCUT2D eigenvalue weighted by molar-refractivity contribution is -0.859. The molecule has 4 aliphatic rings. The molecular weight excluding hydrogens is 346 g/mol. The fourth-order valence-electron chi connectivity index (χ4n) is 5.59. The maximum atomic E-state index is 5.07. The van der Waals surface area contributed by atoms with Crippen molar-refractivity contribution < 1.29 is 9.13 Å². The fraction of sp³-hybridized carbons (Fsp3) is 0.217. The molecule has 5 nitrogen and oxygen atoms in total. The van der Waals surface area contributed by atoms with Crippen LogP contribution in [0.25, 0.3) is 34.3 Å². The SMILES string of the molecule is CCC1[n+]2ccccc2-c2cccc3[n+]2[C@]12Cc1ccc(cc1)-c1nc-3n2n1. The van der Waals surface area contributed by atoms with E-state index in [-0.39, 0.29) is 11.7 Å². The smallest absolute Gasteiger partial charge is 0.201 e. The number of fused-ring (bicyclic) bond motifs is 5. The van der Waals surface area contributed by atoms with Gasteiger partial charge in [0.05, 0.1) is 6.42 Å². The number of hydrogen-bond acceptors (Lipinski definition) is 2. The summed E-state index contributed by atoms with van der Waals surface area (Å²) in [6.45, 7) is 2.28. The molecule has 7 heterocycles. The zero-order valence-electron chi connectivity index (χ0n) is 15.6. The van der Waals surface area contributed by atoms with E-state index < -0.39 is 0 Å². The Labute approximate surface area is 162 Å². The molecule has 3 aromatic heterocycles. The number of benzene rings is 1. The van der Waals surface area contributed by atoms with Gasteiger partial charge in [-0.25, -0.2) is 4.98 Å². The van der Waals surface area contributed by atoms with Crippen molar-refractivity contribution in [1.29, 1.82) is 0 Å². The predicted octanol–water partition coefficient (Wildman–Crippen LogP) is 2.89. The topological polar surface area (TPSA) is 38.5 Å². The van der Waals surface area contributed by atoms with E-state index in [1.807, 2.05) is 0 Å². The fourth-order valence-corrected chi connectivity index (χ4v) is 5.59. The second-order valence-electron chi connectivity index (χ2n) is 7.97. The summed E-state index contributed by atoms with van der Waals surface area (Å²) in [5.74, 6) is 1.80. The van der Waals surface area contributed by atoms with Gasteiger partial charge in [0, 0.05) is 36.2 Å². The van der Waals surface area contributed by atoms with E-state index in [9.17, 15) is 0 Å². The first-order valence-electron chi connectivity index (χ1n) is 9.94. The largest absolute Gasteiger partial charge is 0.331 e. The molecule has 0 N–H and O–H groups in total. The molecule has 1 spiro atoms. The van der Waals surface area contributed by atoms with Crippen LogP contribution in [0.3, 0.4) is 0 Å². The van der Waals surface area contributed by atoms with Gasteiger partial charge >= 0.3 is 5.66 Å². The number of nitrogens with zero attached hydrogens (tertiary/aromatic N) is 5. The third-order valence-electron chi connectivity index (χ3n) is 6.67. The van der Waals surface area contributed by atoms with E-state index in [1.165, 1.54) is 17.0 Å². The van der Waals surface area contributed by atoms with Crippen molar-refractivity contribution in [2.45, 2.75) is 31.5 Å². The highest BCUT2D eigenvalue weighted by Gasteiger charge is 2.67. The molecule has 8 rings (SSSR count). The molecule has 4 aliphatic heterocycles. The molecule has 0 amide bonds. The van der Waals surface area contributed by atoms with Crippen molar-refractivity contribution >= 4 is 0 Å². The van der Waals surface area contributed by atoms with Crippen LogP contribution >= 0.6 is 0 Å². The van der Waals surface area contributed by atoms with Crippen LogP contribution in [0, 0.1) is 0 Å². The van der Waals surface area contributed by atoms with Crippen molar-refractivity contribution in [3.05, 3.63) is 72.4 Å². The number of hydrogen-bond donors (Lipinski definition) is 0. The number of aromatic nitrogens is 5. The first-order chi connectivity index (χ1) is 13.8. The second-order valence-corrected chi connectivity index (χ2v) is 7.97. The lowest BCUT2D eigenvalue weighted by Gasteiger charge is -2.33. The van der Waals surface area contributed by atoms with E-state index in [0.717, 1.165) is 35.7 Å². The first kappa shape index (κ1) is 14.7. The van der Waals surface area contributed by atoms with Crippen LogP contribution < -0.4 is 9.13 Å².